The molecule has 2 aromatic rings. The van der Waals surface area contributed by atoms with Crippen LogP contribution in [0.2, 0.25) is 0 Å². The number of β-lactam (4-membered cyclic amide) rings is 1. The van der Waals surface area contributed by atoms with E-state index < -0.39 is 29.3 Å². The molecule has 2 N–H and O–H groups in total. The minimum Gasteiger partial charge on any atom is -0.477 e. The monoisotopic (exact) mass is 544 g/mol. The topological polar surface area (TPSA) is 130 Å². The van der Waals surface area contributed by atoms with E-state index in [1.807, 2.05) is 6.92 Å². The second kappa shape index (κ2) is 8.92. The molecule has 2 aliphatic heterocycles. The van der Waals surface area contributed by atoms with Crippen LogP contribution in [0.25, 0.3) is 0 Å². The second-order valence-corrected chi connectivity index (χ2v) is 11.3. The number of hydrogen-bond acceptors (Lipinski definition) is 9. The lowest BCUT2D eigenvalue weighted by atomic mass is 10.0. The Bertz CT molecular complexity index is 1090. The summed E-state index contributed by atoms with van der Waals surface area (Å²) in [5.74, 6) is -1.08. The van der Waals surface area contributed by atoms with E-state index in [1.54, 1.807) is 19.3 Å². The number of carbonyl (C=O) groups excluding carboxylic acids is 2. The Morgan fingerprint density at radius 1 is 1.45 bits per heavy atom. The minimum atomic E-state index is -1.15. The standard InChI is InChI=1S/C17H17BrN6O4S3/c1-7(23-4-10(18)3-19-23)13(25)20-11-14(26)24-12(16(27)28)9(5-29-15(11)24)6-30-17-22-21-8(2)31-17/h3-4,7,11,15H,5-6H2,1-2H3,(H,20,25)(H,27,28)/t7-,11-,15+/m1/s1. The number of carboxylic acids is 1. The Kier molecular flexibility index (Phi) is 6.42. The predicted octanol–water partition coefficient (Wildman–Crippen LogP) is 1.90. The van der Waals surface area contributed by atoms with Gasteiger partial charge in [-0.1, -0.05) is 23.1 Å². The molecule has 0 aromatic carbocycles. The van der Waals surface area contributed by atoms with E-state index in [9.17, 15) is 19.5 Å². The summed E-state index contributed by atoms with van der Waals surface area (Å²) in [6.45, 7) is 3.53. The van der Waals surface area contributed by atoms with Crippen LogP contribution >= 0.6 is 50.8 Å². The fourth-order valence-corrected chi connectivity index (χ4v) is 6.80. The van der Waals surface area contributed by atoms with Crippen LogP contribution in [0.15, 0.2) is 32.5 Å². The smallest absolute Gasteiger partial charge is 0.352 e. The SMILES string of the molecule is Cc1nnc(SCC2=C(C(=O)O)N3C(=O)[C@@H](NC(=O)[C@@H](C)n4cc(Br)cn4)[C@@H]3SC2)s1. The molecular weight excluding hydrogens is 528 g/mol. The average Bonchev–Trinajstić information content (AvgIpc) is 3.36. The average molecular weight is 545 g/mol. The molecule has 2 amide bonds. The quantitative estimate of drug-likeness (QED) is 0.396. The van der Waals surface area contributed by atoms with Gasteiger partial charge in [0.25, 0.3) is 5.91 Å². The van der Waals surface area contributed by atoms with Crippen molar-refractivity contribution >= 4 is 68.6 Å². The van der Waals surface area contributed by atoms with Crippen molar-refractivity contribution in [2.75, 3.05) is 11.5 Å². The van der Waals surface area contributed by atoms with Gasteiger partial charge in [0, 0.05) is 17.7 Å². The van der Waals surface area contributed by atoms with Gasteiger partial charge in [-0.15, -0.1) is 22.0 Å². The van der Waals surface area contributed by atoms with Crippen molar-refractivity contribution in [2.24, 2.45) is 0 Å². The molecule has 1 fully saturated rings. The summed E-state index contributed by atoms with van der Waals surface area (Å²) in [7, 11) is 0. The number of thioether (sulfide) groups is 2. The van der Waals surface area contributed by atoms with Crippen LogP contribution in [0.1, 0.15) is 18.0 Å². The number of fused-ring (bicyclic) bond motifs is 1. The zero-order valence-electron chi connectivity index (χ0n) is 16.3. The largest absolute Gasteiger partial charge is 0.477 e. The van der Waals surface area contributed by atoms with Gasteiger partial charge >= 0.3 is 5.97 Å². The number of halogens is 1. The van der Waals surface area contributed by atoms with Crippen LogP contribution < -0.4 is 5.32 Å². The summed E-state index contributed by atoms with van der Waals surface area (Å²) >= 11 is 7.57. The maximum atomic E-state index is 12.8. The zero-order chi connectivity index (χ0) is 22.3. The first-order valence-corrected chi connectivity index (χ1v) is 12.7. The Balaban J connectivity index is 1.45. The van der Waals surface area contributed by atoms with E-state index >= 15 is 0 Å². The van der Waals surface area contributed by atoms with Gasteiger partial charge in [-0.25, -0.2) is 4.79 Å². The summed E-state index contributed by atoms with van der Waals surface area (Å²) in [6.07, 6.45) is 3.24. The molecule has 2 aromatic heterocycles. The number of aryl methyl sites for hydroxylation is 1. The summed E-state index contributed by atoms with van der Waals surface area (Å²) in [4.78, 5) is 38.6. The van der Waals surface area contributed by atoms with Crippen molar-refractivity contribution in [3.8, 4) is 0 Å². The first-order chi connectivity index (χ1) is 14.8. The van der Waals surface area contributed by atoms with E-state index in [0.717, 1.165) is 13.8 Å². The van der Waals surface area contributed by atoms with E-state index in [0.29, 0.717) is 17.1 Å². The molecule has 10 nitrogen and oxygen atoms in total. The van der Waals surface area contributed by atoms with E-state index in [-0.39, 0.29) is 11.6 Å². The minimum absolute atomic E-state index is 0.00274. The van der Waals surface area contributed by atoms with E-state index in [4.69, 9.17) is 0 Å². The van der Waals surface area contributed by atoms with Crippen molar-refractivity contribution in [1.82, 2.24) is 30.2 Å². The summed E-state index contributed by atoms with van der Waals surface area (Å²) < 4.78 is 2.98. The highest BCUT2D eigenvalue weighted by molar-refractivity contribution is 9.10. The van der Waals surface area contributed by atoms with Gasteiger partial charge in [0.2, 0.25) is 5.91 Å². The molecule has 0 radical (unpaired) electrons. The number of nitrogens with zero attached hydrogens (tertiary/aromatic N) is 5. The third-order valence-electron chi connectivity index (χ3n) is 4.77. The van der Waals surface area contributed by atoms with E-state index in [1.165, 1.54) is 44.4 Å². The number of hydrogen-bond donors (Lipinski definition) is 2. The van der Waals surface area contributed by atoms with Crippen molar-refractivity contribution < 1.29 is 19.5 Å². The first kappa shape index (κ1) is 22.3. The lowest BCUT2D eigenvalue weighted by Gasteiger charge is -2.49. The molecule has 0 saturated carbocycles. The summed E-state index contributed by atoms with van der Waals surface area (Å²) in [6, 6.07) is -1.38. The highest BCUT2D eigenvalue weighted by Gasteiger charge is 2.54. The molecular formula is C17H17BrN6O4S3. The zero-order valence-corrected chi connectivity index (χ0v) is 20.3. The van der Waals surface area contributed by atoms with Gasteiger partial charge in [0.15, 0.2) is 4.34 Å². The molecule has 4 rings (SSSR count). The highest BCUT2D eigenvalue weighted by Crippen LogP contribution is 2.41. The molecule has 4 heterocycles. The normalized spacial score (nSPS) is 21.5. The van der Waals surface area contributed by atoms with Crippen LogP contribution in [0.3, 0.4) is 0 Å². The van der Waals surface area contributed by atoms with Crippen molar-refractivity contribution in [2.45, 2.75) is 35.6 Å². The molecule has 0 bridgehead atoms. The molecule has 0 spiro atoms. The number of rotatable bonds is 7. The maximum Gasteiger partial charge on any atom is 0.352 e. The Hall–Kier alpha value is -1.90. The Morgan fingerprint density at radius 2 is 2.23 bits per heavy atom. The highest BCUT2D eigenvalue weighted by atomic mass is 79.9. The van der Waals surface area contributed by atoms with Crippen LogP contribution in [-0.2, 0) is 14.4 Å². The molecule has 0 aliphatic carbocycles. The second-order valence-electron chi connectivity index (χ2n) is 6.84. The number of aliphatic carboxylic acids is 1. The van der Waals surface area contributed by atoms with Gasteiger partial charge in [-0.3, -0.25) is 19.2 Å². The number of amides is 2. The third kappa shape index (κ3) is 4.38. The summed E-state index contributed by atoms with van der Waals surface area (Å²) in [5, 5.41) is 25.0. The molecule has 164 valence electrons. The third-order valence-corrected chi connectivity index (χ3v) is 8.58. The molecule has 0 unspecified atom stereocenters. The predicted molar refractivity (Wildman–Crippen MR) is 120 cm³/mol. The van der Waals surface area contributed by atoms with E-state index in [2.05, 4.69) is 36.5 Å². The molecule has 14 heteroatoms. The van der Waals surface area contributed by atoms with Gasteiger partial charge < -0.3 is 10.4 Å². The maximum absolute atomic E-state index is 12.8. The molecule has 1 saturated heterocycles. The first-order valence-electron chi connectivity index (χ1n) is 9.09. The lowest BCUT2D eigenvalue weighted by Crippen LogP contribution is -2.71. The fourth-order valence-electron chi connectivity index (χ4n) is 3.20. The number of nitrogens with one attached hydrogen (secondary N) is 1. The van der Waals surface area contributed by atoms with Gasteiger partial charge in [-0.2, -0.15) is 5.10 Å². The molecule has 31 heavy (non-hydrogen) atoms. The van der Waals surface area contributed by atoms with Gasteiger partial charge in [0.1, 0.15) is 28.2 Å². The summed E-state index contributed by atoms with van der Waals surface area (Å²) in [5.41, 5.74) is 0.650. The van der Waals surface area contributed by atoms with Crippen molar-refractivity contribution in [1.29, 1.82) is 0 Å². The van der Waals surface area contributed by atoms with Gasteiger partial charge in [-0.05, 0) is 35.4 Å². The van der Waals surface area contributed by atoms with Crippen LogP contribution in [0.4, 0.5) is 0 Å². The Labute approximate surface area is 198 Å². The van der Waals surface area contributed by atoms with Crippen molar-refractivity contribution in [3.05, 3.63) is 33.1 Å². The van der Waals surface area contributed by atoms with Crippen molar-refractivity contribution in [3.63, 3.8) is 0 Å². The molecule has 2 aliphatic rings. The number of carboxylic acid groups (broad SMARTS) is 1. The number of carbonyl (C=O) groups is 3. The van der Waals surface area contributed by atoms with Crippen LogP contribution in [0, 0.1) is 6.92 Å². The van der Waals surface area contributed by atoms with Crippen LogP contribution in [0.5, 0.6) is 0 Å². The van der Waals surface area contributed by atoms with Gasteiger partial charge in [0.05, 0.1) is 10.7 Å². The fraction of sp³-hybridized carbons (Fsp3) is 0.412. The molecule has 3 atom stereocenters. The Morgan fingerprint density at radius 3 is 2.84 bits per heavy atom. The number of aromatic nitrogens is 4. The lowest BCUT2D eigenvalue weighted by molar-refractivity contribution is -0.151. The van der Waals surface area contributed by atoms with Crippen LogP contribution in [-0.4, -0.2) is 70.7 Å².